The number of aliphatic hydroxyl groups is 1. The second kappa shape index (κ2) is 7.12. The van der Waals surface area contributed by atoms with Gasteiger partial charge in [-0.3, -0.25) is 4.57 Å². The van der Waals surface area contributed by atoms with Crippen LogP contribution in [-0.2, 0) is 9.30 Å². The molecule has 0 saturated heterocycles. The van der Waals surface area contributed by atoms with Gasteiger partial charge in [-0.05, 0) is 12.8 Å². The van der Waals surface area contributed by atoms with E-state index in [-0.39, 0.29) is 25.1 Å². The fraction of sp³-hybridized carbons (Fsp3) is 0.545. The van der Waals surface area contributed by atoms with Crippen LogP contribution in [0.5, 0.6) is 0 Å². The smallest absolute Gasteiger partial charge is 0.350 e. The van der Waals surface area contributed by atoms with E-state index in [9.17, 15) is 9.67 Å². The van der Waals surface area contributed by atoms with Gasteiger partial charge in [0.05, 0.1) is 6.33 Å². The summed E-state index contributed by atoms with van der Waals surface area (Å²) in [5.41, 5.74) is 6.85. The highest BCUT2D eigenvalue weighted by molar-refractivity contribution is 7.51. The molecular formula is C11H18N5O5P. The Morgan fingerprint density at radius 3 is 2.77 bits per heavy atom. The van der Waals surface area contributed by atoms with E-state index in [1.54, 1.807) is 10.9 Å². The Hall–Kier alpha value is -1.58. The molecule has 0 aliphatic heterocycles. The highest BCUT2D eigenvalue weighted by Gasteiger charge is 2.18. The Kier molecular flexibility index (Phi) is 5.43. The first kappa shape index (κ1) is 16.8. The lowest BCUT2D eigenvalue weighted by atomic mass is 10.1. The molecule has 1 unspecified atom stereocenters. The van der Waals surface area contributed by atoms with Gasteiger partial charge in [0, 0.05) is 19.3 Å². The predicted molar refractivity (Wildman–Crippen MR) is 78.0 cm³/mol. The van der Waals surface area contributed by atoms with Gasteiger partial charge >= 0.3 is 7.60 Å². The number of rotatable bonds is 8. The van der Waals surface area contributed by atoms with Gasteiger partial charge in [0.2, 0.25) is 0 Å². The van der Waals surface area contributed by atoms with Crippen molar-refractivity contribution in [3.8, 4) is 0 Å². The zero-order chi connectivity index (χ0) is 16.2. The molecule has 0 aliphatic rings. The largest absolute Gasteiger partial charge is 0.396 e. The molecule has 5 N–H and O–H groups in total. The Morgan fingerprint density at radius 1 is 1.32 bits per heavy atom. The van der Waals surface area contributed by atoms with Crippen LogP contribution in [0.4, 0.5) is 5.82 Å². The minimum Gasteiger partial charge on any atom is -0.396 e. The van der Waals surface area contributed by atoms with Crippen molar-refractivity contribution in [2.45, 2.75) is 18.9 Å². The number of aromatic nitrogens is 4. The Morgan fingerprint density at radius 2 is 2.09 bits per heavy atom. The van der Waals surface area contributed by atoms with Crippen LogP contribution >= 0.6 is 7.60 Å². The van der Waals surface area contributed by atoms with E-state index in [2.05, 4.69) is 15.0 Å². The molecule has 2 heterocycles. The lowest BCUT2D eigenvalue weighted by molar-refractivity contribution is 0.137. The van der Waals surface area contributed by atoms with E-state index in [4.69, 9.17) is 20.3 Å². The maximum atomic E-state index is 10.7. The zero-order valence-corrected chi connectivity index (χ0v) is 12.6. The summed E-state index contributed by atoms with van der Waals surface area (Å²) < 4.78 is 17.5. The van der Waals surface area contributed by atoms with E-state index in [1.165, 1.54) is 6.33 Å². The lowest BCUT2D eigenvalue weighted by Crippen LogP contribution is -2.14. The maximum Gasteiger partial charge on any atom is 0.350 e. The molecule has 22 heavy (non-hydrogen) atoms. The molecule has 10 nitrogen and oxygen atoms in total. The van der Waals surface area contributed by atoms with Gasteiger partial charge in [-0.25, -0.2) is 15.0 Å². The topological polar surface area (TPSA) is 157 Å². The summed E-state index contributed by atoms with van der Waals surface area (Å²) in [4.78, 5) is 29.6. The third-order valence-corrected chi connectivity index (χ3v) is 3.62. The molecule has 0 aliphatic carbocycles. The van der Waals surface area contributed by atoms with Crippen LogP contribution in [0.25, 0.3) is 11.2 Å². The summed E-state index contributed by atoms with van der Waals surface area (Å²) in [5, 5.41) is 9.20. The quantitative estimate of drug-likeness (QED) is 0.382. The van der Waals surface area contributed by atoms with Crippen LogP contribution in [0, 0.1) is 0 Å². The number of aliphatic hydroxyl groups excluding tert-OH is 1. The number of anilines is 1. The van der Waals surface area contributed by atoms with E-state index in [0.29, 0.717) is 24.0 Å². The van der Waals surface area contributed by atoms with Crippen LogP contribution in [0.15, 0.2) is 12.7 Å². The summed E-state index contributed by atoms with van der Waals surface area (Å²) in [5.74, 6) is 0.279. The molecule has 1 atom stereocenters. The normalized spacial score (nSPS) is 13.6. The number of nitrogens with zero attached hydrogens (tertiary/aromatic N) is 4. The van der Waals surface area contributed by atoms with Crippen LogP contribution in [-0.4, -0.2) is 54.0 Å². The standard InChI is InChI=1S/C11H18N5O5P/c12-10-9-11(14-5-13-10)15-6-16(9)8(1-3-17)2-4-21-7-22(18,19)20/h5-6,8,17H,1-4,7H2,(H2,12,13,14)(H2,18,19,20). The molecule has 2 aromatic heterocycles. The summed E-state index contributed by atoms with van der Waals surface area (Å²) in [6, 6.07) is -0.194. The van der Waals surface area contributed by atoms with E-state index < -0.39 is 13.9 Å². The van der Waals surface area contributed by atoms with Crippen molar-refractivity contribution in [2.24, 2.45) is 0 Å². The molecule has 0 fully saturated rings. The van der Waals surface area contributed by atoms with Crippen LogP contribution in [0.3, 0.4) is 0 Å². The molecule has 0 spiro atoms. The number of ether oxygens (including phenoxy) is 1. The second-order valence-electron chi connectivity index (χ2n) is 4.74. The van der Waals surface area contributed by atoms with Gasteiger partial charge in [-0.15, -0.1) is 0 Å². The first-order valence-corrected chi connectivity index (χ1v) is 8.38. The number of nitrogens with two attached hydrogens (primary N) is 1. The third kappa shape index (κ3) is 4.21. The molecule has 0 bridgehead atoms. The second-order valence-corrected chi connectivity index (χ2v) is 6.33. The predicted octanol–water partition coefficient (Wildman–Crippen LogP) is -0.126. The number of fused-ring (bicyclic) bond motifs is 1. The zero-order valence-electron chi connectivity index (χ0n) is 11.7. The van der Waals surface area contributed by atoms with Crippen molar-refractivity contribution in [3.63, 3.8) is 0 Å². The van der Waals surface area contributed by atoms with E-state index in [1.807, 2.05) is 0 Å². The molecule has 122 valence electrons. The van der Waals surface area contributed by atoms with E-state index >= 15 is 0 Å². The van der Waals surface area contributed by atoms with Gasteiger partial charge in [0.25, 0.3) is 0 Å². The van der Waals surface area contributed by atoms with Crippen molar-refractivity contribution in [3.05, 3.63) is 12.7 Å². The number of hydrogen-bond donors (Lipinski definition) is 4. The van der Waals surface area contributed by atoms with Crippen molar-refractivity contribution >= 4 is 24.6 Å². The minimum absolute atomic E-state index is 0.0591. The molecule has 0 amide bonds. The highest BCUT2D eigenvalue weighted by Crippen LogP contribution is 2.34. The van der Waals surface area contributed by atoms with Gasteiger partial charge in [-0.1, -0.05) is 0 Å². The number of hydrogen-bond acceptors (Lipinski definition) is 7. The Bertz CT molecular complexity index is 672. The number of imidazole rings is 1. The van der Waals surface area contributed by atoms with Gasteiger partial charge < -0.3 is 29.9 Å². The first-order chi connectivity index (χ1) is 10.4. The maximum absolute atomic E-state index is 10.7. The van der Waals surface area contributed by atoms with Gasteiger partial charge in [0.1, 0.15) is 18.2 Å². The van der Waals surface area contributed by atoms with Crippen molar-refractivity contribution in [1.29, 1.82) is 0 Å². The molecule has 11 heteroatoms. The average Bonchev–Trinajstić information content (AvgIpc) is 2.86. The van der Waals surface area contributed by atoms with Crippen molar-refractivity contribution in [1.82, 2.24) is 19.5 Å². The molecule has 0 aromatic carbocycles. The molecule has 0 radical (unpaired) electrons. The van der Waals surface area contributed by atoms with Crippen molar-refractivity contribution < 1.29 is 24.2 Å². The monoisotopic (exact) mass is 331 g/mol. The summed E-state index contributed by atoms with van der Waals surface area (Å²) in [6.07, 6.45) is 3.09. The fourth-order valence-corrected chi connectivity index (χ4v) is 2.52. The molecular weight excluding hydrogens is 313 g/mol. The van der Waals surface area contributed by atoms with Crippen LogP contribution in [0.1, 0.15) is 18.9 Å². The summed E-state index contributed by atoms with van der Waals surface area (Å²) in [7, 11) is -4.18. The summed E-state index contributed by atoms with van der Waals surface area (Å²) >= 11 is 0. The minimum atomic E-state index is -4.18. The van der Waals surface area contributed by atoms with Crippen LogP contribution < -0.4 is 5.73 Å². The molecule has 0 saturated carbocycles. The van der Waals surface area contributed by atoms with E-state index in [0.717, 1.165) is 0 Å². The lowest BCUT2D eigenvalue weighted by Gasteiger charge is -2.19. The SMILES string of the molecule is Nc1ncnc2ncn(C(CCO)CCOCP(=O)(O)O)c12. The first-order valence-electron chi connectivity index (χ1n) is 6.58. The fourth-order valence-electron chi connectivity index (χ4n) is 2.15. The van der Waals surface area contributed by atoms with Gasteiger partial charge in [0.15, 0.2) is 11.5 Å². The van der Waals surface area contributed by atoms with Gasteiger partial charge in [-0.2, -0.15) is 0 Å². The van der Waals surface area contributed by atoms with Crippen LogP contribution in [0.2, 0.25) is 0 Å². The Balaban J connectivity index is 2.11. The Labute approximate surface area is 126 Å². The van der Waals surface area contributed by atoms with Crippen molar-refractivity contribution in [2.75, 3.05) is 25.3 Å². The summed E-state index contributed by atoms with van der Waals surface area (Å²) in [6.45, 7) is 0.0689. The number of nitrogen functional groups attached to an aromatic ring is 1. The average molecular weight is 331 g/mol. The third-order valence-electron chi connectivity index (χ3n) is 3.10. The molecule has 2 aromatic rings. The molecule has 2 rings (SSSR count). The highest BCUT2D eigenvalue weighted by atomic mass is 31.2.